The normalized spacial score (nSPS) is 10.8. The number of benzene rings is 1. The molecule has 5 nitrogen and oxygen atoms in total. The number of halogens is 1. The SMILES string of the molecule is CNc1cc(Oc2cc(C(C)C)c(Cl)cc2C)nc(N)n1. The second-order valence-corrected chi connectivity index (χ2v) is 5.50. The maximum atomic E-state index is 6.26. The molecule has 0 aliphatic rings. The van der Waals surface area contributed by atoms with E-state index in [0.717, 1.165) is 16.1 Å². The van der Waals surface area contributed by atoms with Crippen LogP contribution in [0.25, 0.3) is 0 Å². The Kier molecular flexibility index (Phi) is 4.53. The summed E-state index contributed by atoms with van der Waals surface area (Å²) in [6, 6.07) is 5.54. The highest BCUT2D eigenvalue weighted by Crippen LogP contribution is 2.33. The molecule has 0 spiro atoms. The molecule has 21 heavy (non-hydrogen) atoms. The molecule has 0 bridgehead atoms. The van der Waals surface area contributed by atoms with Crippen molar-refractivity contribution in [3.05, 3.63) is 34.3 Å². The molecule has 3 N–H and O–H groups in total. The number of anilines is 2. The number of nitrogens with one attached hydrogen (secondary N) is 1. The summed E-state index contributed by atoms with van der Waals surface area (Å²) in [6.45, 7) is 6.11. The third-order valence-electron chi connectivity index (χ3n) is 3.11. The number of hydrogen-bond acceptors (Lipinski definition) is 5. The fraction of sp³-hybridized carbons (Fsp3) is 0.333. The molecule has 112 valence electrons. The Hall–Kier alpha value is -2.01. The van der Waals surface area contributed by atoms with Crippen LogP contribution in [0, 0.1) is 6.92 Å². The smallest absolute Gasteiger partial charge is 0.226 e. The molecule has 6 heteroatoms. The van der Waals surface area contributed by atoms with Crippen molar-refractivity contribution in [2.24, 2.45) is 0 Å². The van der Waals surface area contributed by atoms with Crippen molar-refractivity contribution >= 4 is 23.4 Å². The van der Waals surface area contributed by atoms with Crippen molar-refractivity contribution in [2.75, 3.05) is 18.1 Å². The predicted molar refractivity (Wildman–Crippen MR) is 86.3 cm³/mol. The van der Waals surface area contributed by atoms with Gasteiger partial charge in [-0.1, -0.05) is 25.4 Å². The number of nitrogens with zero attached hydrogens (tertiary/aromatic N) is 2. The van der Waals surface area contributed by atoms with E-state index in [1.54, 1.807) is 13.1 Å². The standard InChI is InChI=1S/C15H19ClN4O/c1-8(2)10-6-12(9(3)5-11(10)16)21-14-7-13(18-4)19-15(17)20-14/h5-8H,1-4H3,(H3,17,18,19,20). The van der Waals surface area contributed by atoms with E-state index in [1.165, 1.54) is 0 Å². The first-order valence-electron chi connectivity index (χ1n) is 6.71. The van der Waals surface area contributed by atoms with Crippen LogP contribution in [0.2, 0.25) is 5.02 Å². The molecule has 0 amide bonds. The fourth-order valence-electron chi connectivity index (χ4n) is 1.96. The zero-order valence-electron chi connectivity index (χ0n) is 12.6. The van der Waals surface area contributed by atoms with Gasteiger partial charge in [0.2, 0.25) is 11.8 Å². The van der Waals surface area contributed by atoms with Crippen molar-refractivity contribution in [1.82, 2.24) is 9.97 Å². The van der Waals surface area contributed by atoms with Gasteiger partial charge in [-0.25, -0.2) is 0 Å². The number of aryl methyl sites for hydroxylation is 1. The Morgan fingerprint density at radius 1 is 1.24 bits per heavy atom. The molecular formula is C15H19ClN4O. The van der Waals surface area contributed by atoms with Gasteiger partial charge in [0.15, 0.2) is 0 Å². The van der Waals surface area contributed by atoms with E-state index in [1.807, 2.05) is 19.1 Å². The van der Waals surface area contributed by atoms with Gasteiger partial charge >= 0.3 is 0 Å². The average Bonchev–Trinajstić information content (AvgIpc) is 2.40. The lowest BCUT2D eigenvalue weighted by Crippen LogP contribution is -2.02. The predicted octanol–water partition coefficient (Wildman–Crippen LogP) is 3.98. The summed E-state index contributed by atoms with van der Waals surface area (Å²) >= 11 is 6.26. The maximum absolute atomic E-state index is 6.26. The van der Waals surface area contributed by atoms with Gasteiger partial charge in [0, 0.05) is 18.1 Å². The highest BCUT2D eigenvalue weighted by atomic mass is 35.5. The lowest BCUT2D eigenvalue weighted by atomic mass is 10.0. The van der Waals surface area contributed by atoms with Crippen molar-refractivity contribution < 1.29 is 4.74 Å². The summed E-state index contributed by atoms with van der Waals surface area (Å²) in [5, 5.41) is 3.66. The fourth-order valence-corrected chi connectivity index (χ4v) is 2.39. The van der Waals surface area contributed by atoms with E-state index >= 15 is 0 Å². The molecule has 0 fully saturated rings. The number of nitrogen functional groups attached to an aromatic ring is 1. The molecule has 1 aromatic heterocycles. The number of hydrogen-bond donors (Lipinski definition) is 2. The third-order valence-corrected chi connectivity index (χ3v) is 3.43. The van der Waals surface area contributed by atoms with Crippen LogP contribution in [0.4, 0.5) is 11.8 Å². The molecular weight excluding hydrogens is 288 g/mol. The minimum absolute atomic E-state index is 0.160. The van der Waals surface area contributed by atoms with E-state index in [-0.39, 0.29) is 5.95 Å². The van der Waals surface area contributed by atoms with Crippen LogP contribution < -0.4 is 15.8 Å². The molecule has 2 aromatic rings. The number of rotatable bonds is 4. The Bertz CT molecular complexity index is 658. The Morgan fingerprint density at radius 2 is 1.95 bits per heavy atom. The first-order valence-corrected chi connectivity index (χ1v) is 7.08. The van der Waals surface area contributed by atoms with Gasteiger partial charge in [-0.2, -0.15) is 9.97 Å². The van der Waals surface area contributed by atoms with Crippen LogP contribution >= 0.6 is 11.6 Å². The van der Waals surface area contributed by atoms with Crippen LogP contribution in [0.15, 0.2) is 18.2 Å². The minimum atomic E-state index is 0.160. The van der Waals surface area contributed by atoms with E-state index in [2.05, 4.69) is 29.1 Å². The van der Waals surface area contributed by atoms with Crippen molar-refractivity contribution in [2.45, 2.75) is 26.7 Å². The van der Waals surface area contributed by atoms with E-state index in [4.69, 9.17) is 22.1 Å². The first kappa shape index (κ1) is 15.4. The molecule has 0 aliphatic carbocycles. The van der Waals surface area contributed by atoms with Gasteiger partial charge in [0.25, 0.3) is 0 Å². The van der Waals surface area contributed by atoms with E-state index in [9.17, 15) is 0 Å². The van der Waals surface area contributed by atoms with Gasteiger partial charge in [0.05, 0.1) is 0 Å². The molecule has 0 unspecified atom stereocenters. The van der Waals surface area contributed by atoms with Gasteiger partial charge in [0.1, 0.15) is 11.6 Å². The Balaban J connectivity index is 2.39. The number of aromatic nitrogens is 2. The second kappa shape index (κ2) is 6.18. The summed E-state index contributed by atoms with van der Waals surface area (Å²) in [5.74, 6) is 2.18. The lowest BCUT2D eigenvalue weighted by molar-refractivity contribution is 0.458. The summed E-state index contributed by atoms with van der Waals surface area (Å²) in [7, 11) is 1.76. The van der Waals surface area contributed by atoms with Gasteiger partial charge < -0.3 is 15.8 Å². The molecule has 0 saturated carbocycles. The van der Waals surface area contributed by atoms with Gasteiger partial charge in [-0.3, -0.25) is 0 Å². The Morgan fingerprint density at radius 3 is 2.57 bits per heavy atom. The molecule has 2 rings (SSSR count). The molecule has 0 saturated heterocycles. The Labute approximate surface area is 129 Å². The van der Waals surface area contributed by atoms with Crippen molar-refractivity contribution in [3.63, 3.8) is 0 Å². The van der Waals surface area contributed by atoms with E-state index in [0.29, 0.717) is 23.4 Å². The second-order valence-electron chi connectivity index (χ2n) is 5.10. The van der Waals surface area contributed by atoms with Crippen molar-refractivity contribution in [1.29, 1.82) is 0 Å². The van der Waals surface area contributed by atoms with Crippen LogP contribution in [0.5, 0.6) is 11.6 Å². The highest BCUT2D eigenvalue weighted by Gasteiger charge is 2.12. The minimum Gasteiger partial charge on any atom is -0.438 e. The average molecular weight is 307 g/mol. The van der Waals surface area contributed by atoms with Crippen LogP contribution in [-0.4, -0.2) is 17.0 Å². The van der Waals surface area contributed by atoms with Gasteiger partial charge in [-0.05, 0) is 36.1 Å². The largest absolute Gasteiger partial charge is 0.438 e. The monoisotopic (exact) mass is 306 g/mol. The molecule has 0 aliphatic heterocycles. The number of nitrogens with two attached hydrogens (primary N) is 1. The topological polar surface area (TPSA) is 73.1 Å². The highest BCUT2D eigenvalue weighted by molar-refractivity contribution is 6.31. The van der Waals surface area contributed by atoms with Crippen molar-refractivity contribution in [3.8, 4) is 11.6 Å². The molecule has 0 radical (unpaired) electrons. The van der Waals surface area contributed by atoms with Crippen LogP contribution in [0.1, 0.15) is 30.9 Å². The summed E-state index contributed by atoms with van der Waals surface area (Å²) in [5.41, 5.74) is 7.64. The quantitative estimate of drug-likeness (QED) is 0.894. The van der Waals surface area contributed by atoms with Crippen LogP contribution in [-0.2, 0) is 0 Å². The lowest BCUT2D eigenvalue weighted by Gasteiger charge is -2.14. The first-order chi connectivity index (χ1) is 9.90. The molecule has 1 heterocycles. The third kappa shape index (κ3) is 3.55. The molecule has 1 aromatic carbocycles. The molecule has 0 atom stereocenters. The summed E-state index contributed by atoms with van der Waals surface area (Å²) in [6.07, 6.45) is 0. The van der Waals surface area contributed by atoms with Gasteiger partial charge in [-0.15, -0.1) is 0 Å². The maximum Gasteiger partial charge on any atom is 0.226 e. The summed E-state index contributed by atoms with van der Waals surface area (Å²) in [4.78, 5) is 8.12. The summed E-state index contributed by atoms with van der Waals surface area (Å²) < 4.78 is 5.85. The number of ether oxygens (including phenoxy) is 1. The van der Waals surface area contributed by atoms with Crippen LogP contribution in [0.3, 0.4) is 0 Å². The van der Waals surface area contributed by atoms with E-state index < -0.39 is 0 Å². The zero-order valence-corrected chi connectivity index (χ0v) is 13.3. The zero-order chi connectivity index (χ0) is 15.6.